The average molecular weight is 278 g/mol. The third-order valence-electron chi connectivity index (χ3n) is 2.23. The minimum Gasteiger partial charge on any atom is -0.480 e. The normalized spacial score (nSPS) is 10.1. The Morgan fingerprint density at radius 1 is 1.42 bits per heavy atom. The summed E-state index contributed by atoms with van der Waals surface area (Å²) < 4.78 is 0. The van der Waals surface area contributed by atoms with E-state index in [-0.39, 0.29) is 6.54 Å². The number of carboxylic acid groups (broad SMARTS) is 1. The van der Waals surface area contributed by atoms with Crippen molar-refractivity contribution in [1.29, 1.82) is 0 Å². The molecule has 1 N–H and O–H groups in total. The average Bonchev–Trinajstić information content (AvgIpc) is 2.36. The van der Waals surface area contributed by atoms with Crippen molar-refractivity contribution in [3.8, 4) is 12.3 Å². The van der Waals surface area contributed by atoms with Crippen molar-refractivity contribution in [2.75, 3.05) is 13.1 Å². The van der Waals surface area contributed by atoms with Gasteiger partial charge < -0.3 is 10.0 Å². The van der Waals surface area contributed by atoms with E-state index in [0.717, 1.165) is 4.90 Å². The van der Waals surface area contributed by atoms with Gasteiger partial charge in [-0.2, -0.15) is 0 Å². The lowest BCUT2D eigenvalue weighted by atomic mass is 10.2. The Labute approximate surface area is 116 Å². The number of benzene rings is 1. The third kappa shape index (κ3) is 4.86. The first-order valence-electron chi connectivity index (χ1n) is 5.41. The molecule has 0 aliphatic heterocycles. The van der Waals surface area contributed by atoms with Crippen molar-refractivity contribution in [3.63, 3.8) is 0 Å². The molecule has 0 spiro atoms. The second-order valence-corrected chi connectivity index (χ2v) is 4.05. The van der Waals surface area contributed by atoms with Gasteiger partial charge in [0, 0.05) is 11.1 Å². The van der Waals surface area contributed by atoms with Crippen LogP contribution in [0.4, 0.5) is 0 Å². The molecule has 0 bridgehead atoms. The van der Waals surface area contributed by atoms with E-state index < -0.39 is 18.4 Å². The van der Waals surface area contributed by atoms with Gasteiger partial charge in [0.05, 0.1) is 6.54 Å². The van der Waals surface area contributed by atoms with E-state index in [4.69, 9.17) is 23.1 Å². The molecule has 0 fully saturated rings. The monoisotopic (exact) mass is 277 g/mol. The Bertz CT molecular complexity index is 546. The van der Waals surface area contributed by atoms with Crippen molar-refractivity contribution in [1.82, 2.24) is 4.90 Å². The zero-order valence-corrected chi connectivity index (χ0v) is 10.8. The predicted molar refractivity (Wildman–Crippen MR) is 73.5 cm³/mol. The number of rotatable bonds is 5. The van der Waals surface area contributed by atoms with Crippen LogP contribution in [0, 0.1) is 12.3 Å². The van der Waals surface area contributed by atoms with Crippen LogP contribution in [0.2, 0.25) is 5.02 Å². The summed E-state index contributed by atoms with van der Waals surface area (Å²) in [6.45, 7) is -0.492. The fourth-order valence-electron chi connectivity index (χ4n) is 1.36. The van der Waals surface area contributed by atoms with E-state index in [1.165, 1.54) is 12.2 Å². The molecule has 0 aliphatic rings. The second kappa shape index (κ2) is 7.24. The van der Waals surface area contributed by atoms with E-state index in [2.05, 4.69) is 5.92 Å². The summed E-state index contributed by atoms with van der Waals surface area (Å²) in [6.07, 6.45) is 7.87. The van der Waals surface area contributed by atoms with Gasteiger partial charge in [-0.25, -0.2) is 0 Å². The van der Waals surface area contributed by atoms with Crippen molar-refractivity contribution in [2.45, 2.75) is 0 Å². The third-order valence-corrected chi connectivity index (χ3v) is 2.57. The number of halogens is 1. The fourth-order valence-corrected chi connectivity index (χ4v) is 1.56. The number of nitrogens with zero attached hydrogens (tertiary/aromatic N) is 1. The van der Waals surface area contributed by atoms with Crippen LogP contribution in [0.5, 0.6) is 0 Å². The van der Waals surface area contributed by atoms with E-state index in [1.807, 2.05) is 0 Å². The topological polar surface area (TPSA) is 57.6 Å². The van der Waals surface area contributed by atoms with Crippen molar-refractivity contribution in [3.05, 3.63) is 40.9 Å². The molecule has 1 aromatic rings. The van der Waals surface area contributed by atoms with E-state index in [0.29, 0.717) is 10.6 Å². The highest BCUT2D eigenvalue weighted by molar-refractivity contribution is 6.32. The molecule has 0 heterocycles. The van der Waals surface area contributed by atoms with E-state index in [9.17, 15) is 9.59 Å². The summed E-state index contributed by atoms with van der Waals surface area (Å²) in [4.78, 5) is 23.5. The predicted octanol–water partition coefficient (Wildman–Crippen LogP) is 1.90. The lowest BCUT2D eigenvalue weighted by molar-refractivity contribution is -0.142. The number of amides is 1. The van der Waals surface area contributed by atoms with Gasteiger partial charge in [0.1, 0.15) is 6.54 Å². The molecule has 1 amide bonds. The van der Waals surface area contributed by atoms with Gasteiger partial charge in [-0.05, 0) is 17.7 Å². The zero-order valence-electron chi connectivity index (χ0n) is 10.0. The first-order valence-corrected chi connectivity index (χ1v) is 5.79. The summed E-state index contributed by atoms with van der Waals surface area (Å²) >= 11 is 5.93. The van der Waals surface area contributed by atoms with Crippen molar-refractivity contribution >= 4 is 29.6 Å². The molecule has 0 atom stereocenters. The molecule has 0 saturated heterocycles. The summed E-state index contributed by atoms with van der Waals surface area (Å²) in [5, 5.41) is 9.19. The Kier molecular flexibility index (Phi) is 5.65. The van der Waals surface area contributed by atoms with Crippen molar-refractivity contribution < 1.29 is 14.7 Å². The van der Waals surface area contributed by atoms with E-state index >= 15 is 0 Å². The first-order chi connectivity index (χ1) is 9.04. The van der Waals surface area contributed by atoms with Gasteiger partial charge in [-0.3, -0.25) is 9.59 Å². The summed E-state index contributed by atoms with van der Waals surface area (Å²) in [5.74, 6) is 0.657. The fraction of sp³-hybridized carbons (Fsp3) is 0.143. The summed E-state index contributed by atoms with van der Waals surface area (Å²) in [5.41, 5.74) is 0.675. The lowest BCUT2D eigenvalue weighted by Crippen LogP contribution is -2.34. The van der Waals surface area contributed by atoms with Crippen LogP contribution in [0.25, 0.3) is 6.08 Å². The molecule has 0 radical (unpaired) electrons. The smallest absolute Gasteiger partial charge is 0.323 e. The van der Waals surface area contributed by atoms with E-state index in [1.54, 1.807) is 24.3 Å². The molecular weight excluding hydrogens is 266 g/mol. The minimum atomic E-state index is -1.12. The van der Waals surface area contributed by atoms with Crippen LogP contribution < -0.4 is 0 Å². The van der Waals surface area contributed by atoms with Crippen LogP contribution in [0.1, 0.15) is 5.56 Å². The quantitative estimate of drug-likeness (QED) is 0.661. The standard InChI is InChI=1S/C14H12ClNO3/c1-2-9-16(10-14(18)19)13(17)8-7-11-5-3-4-6-12(11)15/h1,3-8H,9-10H2,(H,18,19). The Hall–Kier alpha value is -2.25. The van der Waals surface area contributed by atoms with Gasteiger partial charge in [-0.1, -0.05) is 35.7 Å². The maximum absolute atomic E-state index is 11.8. The molecule has 0 unspecified atom stereocenters. The molecule has 0 saturated carbocycles. The highest BCUT2D eigenvalue weighted by Crippen LogP contribution is 2.16. The SMILES string of the molecule is C#CCN(CC(=O)O)C(=O)C=Cc1ccccc1Cl. The maximum Gasteiger partial charge on any atom is 0.323 e. The molecule has 0 aromatic heterocycles. The van der Waals surface area contributed by atoms with Crippen LogP contribution in [-0.4, -0.2) is 35.0 Å². The number of hydrogen-bond donors (Lipinski definition) is 1. The van der Waals surface area contributed by atoms with Gasteiger partial charge in [0.25, 0.3) is 0 Å². The number of terminal acetylenes is 1. The number of carboxylic acids is 1. The Morgan fingerprint density at radius 3 is 2.68 bits per heavy atom. The number of aliphatic carboxylic acids is 1. The van der Waals surface area contributed by atoms with Gasteiger partial charge >= 0.3 is 5.97 Å². The zero-order chi connectivity index (χ0) is 14.3. The van der Waals surface area contributed by atoms with Crippen LogP contribution in [-0.2, 0) is 9.59 Å². The van der Waals surface area contributed by atoms with Gasteiger partial charge in [0.15, 0.2) is 0 Å². The lowest BCUT2D eigenvalue weighted by Gasteiger charge is -2.15. The first kappa shape index (κ1) is 14.8. The number of carbonyl (C=O) groups excluding carboxylic acids is 1. The highest BCUT2D eigenvalue weighted by atomic mass is 35.5. The molecular formula is C14H12ClNO3. The molecule has 19 heavy (non-hydrogen) atoms. The minimum absolute atomic E-state index is 0.0575. The molecule has 5 heteroatoms. The molecule has 98 valence electrons. The van der Waals surface area contributed by atoms with Crippen molar-refractivity contribution in [2.24, 2.45) is 0 Å². The van der Waals surface area contributed by atoms with Crippen LogP contribution in [0.15, 0.2) is 30.3 Å². The maximum atomic E-state index is 11.8. The van der Waals surface area contributed by atoms with Crippen LogP contribution >= 0.6 is 11.6 Å². The Balaban J connectivity index is 2.79. The van der Waals surface area contributed by atoms with Crippen LogP contribution in [0.3, 0.4) is 0 Å². The molecule has 1 rings (SSSR count). The van der Waals surface area contributed by atoms with Gasteiger partial charge in [-0.15, -0.1) is 6.42 Å². The largest absolute Gasteiger partial charge is 0.480 e. The highest BCUT2D eigenvalue weighted by Gasteiger charge is 2.12. The van der Waals surface area contributed by atoms with Gasteiger partial charge in [0.2, 0.25) is 5.91 Å². The summed E-state index contributed by atoms with van der Waals surface area (Å²) in [7, 11) is 0. The summed E-state index contributed by atoms with van der Waals surface area (Å²) in [6, 6.07) is 7.00. The molecule has 4 nitrogen and oxygen atoms in total. The molecule has 0 aliphatic carbocycles. The second-order valence-electron chi connectivity index (χ2n) is 3.65. The Morgan fingerprint density at radius 2 is 2.11 bits per heavy atom. The number of hydrogen-bond acceptors (Lipinski definition) is 2. The molecule has 1 aromatic carbocycles. The number of carbonyl (C=O) groups is 2.